The summed E-state index contributed by atoms with van der Waals surface area (Å²) < 4.78 is 11.5. The third-order valence-corrected chi connectivity index (χ3v) is 4.17. The van der Waals surface area contributed by atoms with Crippen molar-refractivity contribution in [1.29, 1.82) is 0 Å². The van der Waals surface area contributed by atoms with E-state index in [1.54, 1.807) is 0 Å². The molecular weight excluding hydrogens is 338 g/mol. The summed E-state index contributed by atoms with van der Waals surface area (Å²) in [6.45, 7) is 8.65. The number of ether oxygens (including phenoxy) is 2. The number of rotatable bonds is 10. The average molecular weight is 370 g/mol. The van der Waals surface area contributed by atoms with Crippen LogP contribution in [0.2, 0.25) is 0 Å². The van der Waals surface area contributed by atoms with Crippen LogP contribution in [-0.4, -0.2) is 24.7 Å². The van der Waals surface area contributed by atoms with Crippen molar-refractivity contribution in [3.8, 4) is 11.5 Å². The van der Waals surface area contributed by atoms with Gasteiger partial charge in [0.05, 0.1) is 6.10 Å². The maximum Gasteiger partial charge on any atom is 0.261 e. The van der Waals surface area contributed by atoms with Crippen LogP contribution in [0.1, 0.15) is 44.7 Å². The van der Waals surface area contributed by atoms with E-state index in [-0.39, 0.29) is 12.0 Å². The van der Waals surface area contributed by atoms with Crippen molar-refractivity contribution in [3.63, 3.8) is 0 Å². The number of carbonyl (C=O) groups is 1. The summed E-state index contributed by atoms with van der Waals surface area (Å²) in [5, 5.41) is 2.99. The minimum atomic E-state index is -0.463. The number of hydrogen-bond donors (Lipinski definition) is 1. The second kappa shape index (κ2) is 10.6. The van der Waals surface area contributed by atoms with Gasteiger partial charge in [0.1, 0.15) is 11.5 Å². The number of nitrogens with one attached hydrogen (secondary N) is 1. The van der Waals surface area contributed by atoms with Gasteiger partial charge in [-0.1, -0.05) is 36.8 Å². The molecule has 4 heteroatoms. The molecule has 0 heterocycles. The molecular formula is C23H31NO3. The molecule has 2 rings (SSSR count). The van der Waals surface area contributed by atoms with Crippen LogP contribution in [0.4, 0.5) is 0 Å². The smallest absolute Gasteiger partial charge is 0.261 e. The molecule has 4 nitrogen and oxygen atoms in total. The van der Waals surface area contributed by atoms with Crippen molar-refractivity contribution < 1.29 is 14.3 Å². The van der Waals surface area contributed by atoms with Gasteiger partial charge in [0.2, 0.25) is 0 Å². The fourth-order valence-electron chi connectivity index (χ4n) is 2.77. The Bertz CT molecular complexity index is 710. The molecule has 2 aromatic rings. The molecule has 1 amide bonds. The average Bonchev–Trinajstić information content (AvgIpc) is 2.64. The molecule has 27 heavy (non-hydrogen) atoms. The molecule has 0 spiro atoms. The van der Waals surface area contributed by atoms with Crippen molar-refractivity contribution in [2.24, 2.45) is 0 Å². The Labute approximate surface area is 162 Å². The maximum absolute atomic E-state index is 12.4. The topological polar surface area (TPSA) is 47.6 Å². The fraction of sp³-hybridized carbons (Fsp3) is 0.435. The minimum Gasteiger partial charge on any atom is -0.491 e. The van der Waals surface area contributed by atoms with Gasteiger partial charge < -0.3 is 14.8 Å². The van der Waals surface area contributed by atoms with E-state index in [0.717, 1.165) is 24.3 Å². The van der Waals surface area contributed by atoms with Crippen LogP contribution in [0.25, 0.3) is 0 Å². The van der Waals surface area contributed by atoms with Crippen molar-refractivity contribution in [1.82, 2.24) is 5.32 Å². The van der Waals surface area contributed by atoms with Gasteiger partial charge in [-0.15, -0.1) is 0 Å². The van der Waals surface area contributed by atoms with Crippen LogP contribution in [0, 0.1) is 6.92 Å². The third-order valence-electron chi connectivity index (χ3n) is 4.17. The standard InChI is InChI=1S/C23H31NO3/c1-5-22(27-20-13-11-18(4)12-14-20)23(25)24-15-7-9-19-8-6-10-21(16-19)26-17(2)3/h6,8,10-14,16-17,22H,5,7,9,15H2,1-4H3,(H,24,25). The van der Waals surface area contributed by atoms with Gasteiger partial charge in [0.25, 0.3) is 5.91 Å². The lowest BCUT2D eigenvalue weighted by Crippen LogP contribution is -2.38. The molecule has 0 aliphatic carbocycles. The highest BCUT2D eigenvalue weighted by molar-refractivity contribution is 5.81. The van der Waals surface area contributed by atoms with E-state index < -0.39 is 6.10 Å². The lowest BCUT2D eigenvalue weighted by molar-refractivity contribution is -0.128. The first-order valence-corrected chi connectivity index (χ1v) is 9.74. The summed E-state index contributed by atoms with van der Waals surface area (Å²) in [6.07, 6.45) is 2.10. The van der Waals surface area contributed by atoms with Crippen LogP contribution in [0.5, 0.6) is 11.5 Å². The zero-order valence-electron chi connectivity index (χ0n) is 16.8. The molecule has 0 aliphatic heterocycles. The van der Waals surface area contributed by atoms with Crippen LogP contribution in [-0.2, 0) is 11.2 Å². The fourth-order valence-corrected chi connectivity index (χ4v) is 2.77. The molecule has 1 atom stereocenters. The van der Waals surface area contributed by atoms with Gasteiger partial charge in [-0.25, -0.2) is 0 Å². The van der Waals surface area contributed by atoms with E-state index >= 15 is 0 Å². The number of benzene rings is 2. The summed E-state index contributed by atoms with van der Waals surface area (Å²) in [6, 6.07) is 15.9. The zero-order chi connectivity index (χ0) is 19.6. The highest BCUT2D eigenvalue weighted by Crippen LogP contribution is 2.16. The second-order valence-electron chi connectivity index (χ2n) is 7.04. The number of aryl methyl sites for hydroxylation is 2. The molecule has 0 saturated carbocycles. The first-order chi connectivity index (χ1) is 13.0. The molecule has 0 aliphatic rings. The van der Waals surface area contributed by atoms with Crippen molar-refractivity contribution >= 4 is 5.91 Å². The van der Waals surface area contributed by atoms with Gasteiger partial charge in [-0.3, -0.25) is 4.79 Å². The highest BCUT2D eigenvalue weighted by atomic mass is 16.5. The summed E-state index contributed by atoms with van der Waals surface area (Å²) >= 11 is 0. The van der Waals surface area contributed by atoms with E-state index in [0.29, 0.717) is 13.0 Å². The summed E-state index contributed by atoms with van der Waals surface area (Å²) in [4.78, 5) is 12.4. The predicted octanol–water partition coefficient (Wildman–Crippen LogP) is 4.69. The molecule has 0 aromatic heterocycles. The summed E-state index contributed by atoms with van der Waals surface area (Å²) in [5.41, 5.74) is 2.38. The Hall–Kier alpha value is -2.49. The Morgan fingerprint density at radius 2 is 1.78 bits per heavy atom. The van der Waals surface area contributed by atoms with Gasteiger partial charge in [-0.05, 0) is 69.9 Å². The number of hydrogen-bond acceptors (Lipinski definition) is 3. The lowest BCUT2D eigenvalue weighted by atomic mass is 10.1. The van der Waals surface area contributed by atoms with Gasteiger partial charge in [-0.2, -0.15) is 0 Å². The molecule has 0 saturated heterocycles. The summed E-state index contributed by atoms with van der Waals surface area (Å²) in [5.74, 6) is 1.56. The van der Waals surface area contributed by atoms with E-state index in [2.05, 4.69) is 17.4 Å². The van der Waals surface area contributed by atoms with Gasteiger partial charge >= 0.3 is 0 Å². The Kier molecular flexibility index (Phi) is 8.18. The van der Waals surface area contributed by atoms with E-state index in [9.17, 15) is 4.79 Å². The van der Waals surface area contributed by atoms with E-state index in [4.69, 9.17) is 9.47 Å². The molecule has 0 fully saturated rings. The Morgan fingerprint density at radius 3 is 2.44 bits per heavy atom. The minimum absolute atomic E-state index is 0.0602. The SMILES string of the molecule is CCC(Oc1ccc(C)cc1)C(=O)NCCCc1cccc(OC(C)C)c1. The highest BCUT2D eigenvalue weighted by Gasteiger charge is 2.17. The summed E-state index contributed by atoms with van der Waals surface area (Å²) in [7, 11) is 0. The largest absolute Gasteiger partial charge is 0.491 e. The third kappa shape index (κ3) is 7.33. The molecule has 1 unspecified atom stereocenters. The Balaban J connectivity index is 1.76. The number of carbonyl (C=O) groups excluding carboxylic acids is 1. The molecule has 146 valence electrons. The Morgan fingerprint density at radius 1 is 1.04 bits per heavy atom. The van der Waals surface area contributed by atoms with Crippen molar-refractivity contribution in [2.75, 3.05) is 6.54 Å². The second-order valence-corrected chi connectivity index (χ2v) is 7.04. The van der Waals surface area contributed by atoms with Crippen LogP contribution >= 0.6 is 0 Å². The zero-order valence-corrected chi connectivity index (χ0v) is 16.8. The quantitative estimate of drug-likeness (QED) is 0.618. The van der Waals surface area contributed by atoms with Gasteiger partial charge in [0, 0.05) is 6.54 Å². The first kappa shape index (κ1) is 20.8. The predicted molar refractivity (Wildman–Crippen MR) is 109 cm³/mol. The van der Waals surface area contributed by atoms with Crippen LogP contribution in [0.3, 0.4) is 0 Å². The maximum atomic E-state index is 12.4. The monoisotopic (exact) mass is 369 g/mol. The lowest BCUT2D eigenvalue weighted by Gasteiger charge is -2.17. The van der Waals surface area contributed by atoms with E-state index in [1.165, 1.54) is 11.1 Å². The van der Waals surface area contributed by atoms with Crippen molar-refractivity contribution in [2.45, 2.75) is 59.2 Å². The molecule has 1 N–H and O–H groups in total. The normalized spacial score (nSPS) is 11.9. The van der Waals surface area contributed by atoms with Crippen molar-refractivity contribution in [3.05, 3.63) is 59.7 Å². The van der Waals surface area contributed by atoms with E-state index in [1.807, 2.05) is 64.1 Å². The molecule has 2 aromatic carbocycles. The number of amides is 1. The van der Waals surface area contributed by atoms with Crippen LogP contribution in [0.15, 0.2) is 48.5 Å². The van der Waals surface area contributed by atoms with Crippen LogP contribution < -0.4 is 14.8 Å². The first-order valence-electron chi connectivity index (χ1n) is 9.74. The molecule has 0 radical (unpaired) electrons. The van der Waals surface area contributed by atoms with Gasteiger partial charge in [0.15, 0.2) is 6.10 Å². The molecule has 0 bridgehead atoms.